The van der Waals surface area contributed by atoms with Crippen molar-refractivity contribution in [1.29, 1.82) is 0 Å². The van der Waals surface area contributed by atoms with Crippen molar-refractivity contribution in [2.45, 2.75) is 18.7 Å². The lowest BCUT2D eigenvalue weighted by molar-refractivity contribution is -0.395. The average molecular weight is 289 g/mol. The lowest BCUT2D eigenvalue weighted by Gasteiger charge is -2.06. The number of carboxylic acids is 1. The zero-order valence-electron chi connectivity index (χ0n) is 9.70. The van der Waals surface area contributed by atoms with Crippen LogP contribution >= 0.6 is 11.6 Å². The fourth-order valence-electron chi connectivity index (χ4n) is 1.53. The van der Waals surface area contributed by atoms with Crippen molar-refractivity contribution >= 4 is 28.9 Å². The van der Waals surface area contributed by atoms with Gasteiger partial charge in [-0.2, -0.15) is 0 Å². The van der Waals surface area contributed by atoms with Crippen molar-refractivity contribution in [1.82, 2.24) is 0 Å². The molecule has 0 heterocycles. The van der Waals surface area contributed by atoms with E-state index < -0.39 is 32.6 Å². The lowest BCUT2D eigenvalue weighted by atomic mass is 10.0. The topological polar surface area (TPSA) is 124 Å². The van der Waals surface area contributed by atoms with Crippen LogP contribution in [0.2, 0.25) is 0 Å². The van der Waals surface area contributed by atoms with Gasteiger partial charge in [0.25, 0.3) is 11.4 Å². The highest BCUT2D eigenvalue weighted by atomic mass is 35.5. The van der Waals surface area contributed by atoms with Gasteiger partial charge in [0.2, 0.25) is 0 Å². The third kappa shape index (κ3) is 3.38. The number of nitrogens with zero attached hydrogens (tertiary/aromatic N) is 2. The monoisotopic (exact) mass is 288 g/mol. The number of nitro groups is 2. The number of nitro benzene ring substituents is 2. The molecule has 0 radical (unpaired) electrons. The van der Waals surface area contributed by atoms with Gasteiger partial charge >= 0.3 is 5.97 Å². The molecule has 1 rings (SSSR count). The summed E-state index contributed by atoms with van der Waals surface area (Å²) in [5, 5.41) is 29.0. The first kappa shape index (κ1) is 14.8. The molecule has 1 atom stereocenters. The number of aliphatic carboxylic acids is 1. The molecule has 102 valence electrons. The lowest BCUT2D eigenvalue weighted by Crippen LogP contribution is -2.16. The van der Waals surface area contributed by atoms with Gasteiger partial charge in [-0.25, -0.2) is 0 Å². The summed E-state index contributed by atoms with van der Waals surface area (Å²) in [5.41, 5.74) is -0.816. The minimum absolute atomic E-state index is 0.0832. The number of rotatable bonds is 5. The van der Waals surface area contributed by atoms with Gasteiger partial charge in [0.15, 0.2) is 0 Å². The summed E-state index contributed by atoms with van der Waals surface area (Å²) in [5.74, 6) is -1.30. The summed E-state index contributed by atoms with van der Waals surface area (Å²) >= 11 is 5.51. The van der Waals surface area contributed by atoms with Crippen LogP contribution in [0.1, 0.15) is 11.1 Å². The fraction of sp³-hybridized carbons (Fsp3) is 0.300. The Hall–Kier alpha value is -2.22. The summed E-state index contributed by atoms with van der Waals surface area (Å²) in [6.45, 7) is 1.26. The molecule has 1 unspecified atom stereocenters. The molecule has 1 aromatic rings. The number of halogens is 1. The number of hydrogen-bond acceptors (Lipinski definition) is 5. The Labute approximate surface area is 111 Å². The molecule has 8 nitrogen and oxygen atoms in total. The van der Waals surface area contributed by atoms with E-state index in [9.17, 15) is 25.0 Å². The Morgan fingerprint density at radius 3 is 2.05 bits per heavy atom. The van der Waals surface area contributed by atoms with Gasteiger partial charge in [0, 0.05) is 12.1 Å². The normalized spacial score (nSPS) is 11.9. The zero-order valence-corrected chi connectivity index (χ0v) is 10.5. The highest BCUT2D eigenvalue weighted by molar-refractivity contribution is 6.29. The second-order valence-electron chi connectivity index (χ2n) is 3.78. The van der Waals surface area contributed by atoms with Crippen LogP contribution in [0.5, 0.6) is 0 Å². The van der Waals surface area contributed by atoms with Gasteiger partial charge in [0.05, 0.1) is 9.85 Å². The molecule has 0 aliphatic carbocycles. The van der Waals surface area contributed by atoms with Gasteiger partial charge < -0.3 is 5.11 Å². The molecule has 9 heteroatoms. The average Bonchev–Trinajstić information content (AvgIpc) is 2.30. The van der Waals surface area contributed by atoms with E-state index in [-0.39, 0.29) is 17.5 Å². The van der Waals surface area contributed by atoms with Crippen molar-refractivity contribution in [3.63, 3.8) is 0 Å². The number of alkyl halides is 1. The van der Waals surface area contributed by atoms with Crippen molar-refractivity contribution in [2.75, 3.05) is 0 Å². The molecule has 0 fully saturated rings. The van der Waals surface area contributed by atoms with Crippen LogP contribution in [0.25, 0.3) is 0 Å². The number of carboxylic acid groups (broad SMARTS) is 1. The molecule has 0 saturated heterocycles. The summed E-state index contributed by atoms with van der Waals surface area (Å²) < 4.78 is 0. The van der Waals surface area contributed by atoms with Crippen LogP contribution in [0.3, 0.4) is 0 Å². The van der Waals surface area contributed by atoms with E-state index in [0.717, 1.165) is 12.1 Å². The van der Waals surface area contributed by atoms with Crippen LogP contribution in [0.4, 0.5) is 11.4 Å². The second kappa shape index (κ2) is 5.61. The maximum Gasteiger partial charge on any atom is 0.321 e. The minimum atomic E-state index is -1.30. The molecule has 0 amide bonds. The van der Waals surface area contributed by atoms with Crippen LogP contribution in [0.15, 0.2) is 12.1 Å². The molecule has 0 bridgehead atoms. The van der Waals surface area contributed by atoms with Gasteiger partial charge in [-0.15, -0.1) is 11.6 Å². The number of benzene rings is 1. The molecule has 0 saturated carbocycles. The molecule has 1 N–H and O–H groups in total. The van der Waals surface area contributed by atoms with Crippen molar-refractivity contribution in [3.8, 4) is 0 Å². The highest BCUT2D eigenvalue weighted by Gasteiger charge is 2.25. The molecule has 0 aliphatic rings. The van der Waals surface area contributed by atoms with E-state index in [1.807, 2.05) is 0 Å². The maximum absolute atomic E-state index is 10.8. The standard InChI is InChI=1S/C10H9ClN2O6/c1-5-8(12(16)17)3-6(2-7(11)10(14)15)4-9(5)13(18)19/h3-4,7H,2H2,1H3,(H,14,15). The molecule has 0 spiro atoms. The number of hydrogen-bond donors (Lipinski definition) is 1. The predicted molar refractivity (Wildman–Crippen MR) is 65.5 cm³/mol. The van der Waals surface area contributed by atoms with Crippen LogP contribution in [-0.2, 0) is 11.2 Å². The molecule has 0 aliphatic heterocycles. The molecular formula is C10H9ClN2O6. The Morgan fingerprint density at radius 1 is 1.32 bits per heavy atom. The summed E-state index contributed by atoms with van der Waals surface area (Å²) in [6.07, 6.45) is -0.237. The van der Waals surface area contributed by atoms with E-state index in [2.05, 4.69) is 0 Å². The summed E-state index contributed by atoms with van der Waals surface area (Å²) in [7, 11) is 0. The van der Waals surface area contributed by atoms with Crippen molar-refractivity contribution in [3.05, 3.63) is 43.5 Å². The third-order valence-electron chi connectivity index (χ3n) is 2.49. The highest BCUT2D eigenvalue weighted by Crippen LogP contribution is 2.30. The summed E-state index contributed by atoms with van der Waals surface area (Å²) in [6, 6.07) is 2.20. The zero-order chi connectivity index (χ0) is 14.7. The fourth-order valence-corrected chi connectivity index (χ4v) is 1.71. The summed E-state index contributed by atoms with van der Waals surface area (Å²) in [4.78, 5) is 30.7. The Bertz CT molecular complexity index is 524. The van der Waals surface area contributed by atoms with Gasteiger partial charge in [-0.05, 0) is 18.9 Å². The van der Waals surface area contributed by atoms with Gasteiger partial charge in [-0.1, -0.05) is 0 Å². The molecule has 19 heavy (non-hydrogen) atoms. The van der Waals surface area contributed by atoms with E-state index in [1.54, 1.807) is 0 Å². The number of carbonyl (C=O) groups is 1. The third-order valence-corrected chi connectivity index (χ3v) is 2.83. The Balaban J connectivity index is 3.30. The Kier molecular flexibility index (Phi) is 4.38. The largest absolute Gasteiger partial charge is 0.480 e. The second-order valence-corrected chi connectivity index (χ2v) is 4.31. The maximum atomic E-state index is 10.8. The van der Waals surface area contributed by atoms with Crippen molar-refractivity contribution in [2.24, 2.45) is 0 Å². The first-order chi connectivity index (χ1) is 8.73. The van der Waals surface area contributed by atoms with Crippen molar-refractivity contribution < 1.29 is 19.7 Å². The Morgan fingerprint density at radius 2 is 1.74 bits per heavy atom. The molecule has 1 aromatic carbocycles. The quantitative estimate of drug-likeness (QED) is 0.502. The van der Waals surface area contributed by atoms with E-state index in [1.165, 1.54) is 6.92 Å². The smallest absolute Gasteiger partial charge is 0.321 e. The molecule has 0 aromatic heterocycles. The van der Waals surface area contributed by atoms with E-state index in [4.69, 9.17) is 16.7 Å². The minimum Gasteiger partial charge on any atom is -0.480 e. The van der Waals surface area contributed by atoms with Crippen LogP contribution in [-0.4, -0.2) is 26.3 Å². The van der Waals surface area contributed by atoms with E-state index in [0.29, 0.717) is 0 Å². The first-order valence-electron chi connectivity index (χ1n) is 5.03. The van der Waals surface area contributed by atoms with Gasteiger partial charge in [-0.3, -0.25) is 25.0 Å². The SMILES string of the molecule is Cc1c([N+](=O)[O-])cc(CC(Cl)C(=O)O)cc1[N+](=O)[O-]. The predicted octanol–water partition coefficient (Wildman–Crippen LogP) is 2.05. The first-order valence-corrected chi connectivity index (χ1v) is 5.47. The molecular weight excluding hydrogens is 280 g/mol. The van der Waals surface area contributed by atoms with Gasteiger partial charge in [0.1, 0.15) is 10.9 Å². The van der Waals surface area contributed by atoms with Crippen LogP contribution < -0.4 is 0 Å². The van der Waals surface area contributed by atoms with E-state index >= 15 is 0 Å². The van der Waals surface area contributed by atoms with Crippen LogP contribution in [0, 0.1) is 27.2 Å².